The maximum Gasteiger partial charge on any atom is 0.511 e. The second kappa shape index (κ2) is 21.2. The molecule has 0 aliphatic carbocycles. The zero-order chi connectivity index (χ0) is 26.4. The van der Waals surface area contributed by atoms with Crippen LogP contribution in [0.3, 0.4) is 0 Å². The molecule has 0 amide bonds. The number of aryl methyl sites for hydroxylation is 1. The number of aromatic hydroxyl groups is 1. The molecule has 0 aliphatic heterocycles. The van der Waals surface area contributed by atoms with E-state index in [4.69, 9.17) is 9.47 Å². The summed E-state index contributed by atoms with van der Waals surface area (Å²) in [6.07, 6.45) is 21.7. The molecule has 0 spiro atoms. The molecule has 0 saturated heterocycles. The van der Waals surface area contributed by atoms with Crippen LogP contribution in [0.2, 0.25) is 0 Å². The molecule has 208 valence electrons. The minimum atomic E-state index is -1.42. The van der Waals surface area contributed by atoms with Gasteiger partial charge in [0.1, 0.15) is 0 Å². The van der Waals surface area contributed by atoms with E-state index in [-0.39, 0.29) is 11.5 Å². The van der Waals surface area contributed by atoms with Gasteiger partial charge in [-0.3, -0.25) is 0 Å². The van der Waals surface area contributed by atoms with E-state index in [2.05, 4.69) is 20.8 Å². The molecule has 0 radical (unpaired) electrons. The third-order valence-corrected chi connectivity index (χ3v) is 6.94. The van der Waals surface area contributed by atoms with Crippen molar-refractivity contribution in [1.82, 2.24) is 0 Å². The molecule has 0 saturated carbocycles. The normalized spacial score (nSPS) is 11.1. The van der Waals surface area contributed by atoms with E-state index < -0.39 is 6.16 Å². The Kier molecular flexibility index (Phi) is 18.9. The highest BCUT2D eigenvalue weighted by Gasteiger charge is 2.21. The molecule has 0 aromatic heterocycles. The molecule has 5 nitrogen and oxygen atoms in total. The minimum absolute atomic E-state index is 0.00711. The van der Waals surface area contributed by atoms with Gasteiger partial charge in [-0.05, 0) is 43.7 Å². The number of hydrogen-bond donors (Lipinski definition) is 2. The van der Waals surface area contributed by atoms with Crippen LogP contribution in [0.4, 0.5) is 4.79 Å². The van der Waals surface area contributed by atoms with Crippen molar-refractivity contribution in [2.45, 2.75) is 149 Å². The van der Waals surface area contributed by atoms with E-state index in [0.717, 1.165) is 75.3 Å². The summed E-state index contributed by atoms with van der Waals surface area (Å²) in [6.45, 7) is 7.17. The van der Waals surface area contributed by atoms with Crippen molar-refractivity contribution in [3.63, 3.8) is 0 Å². The molecule has 0 heterocycles. The number of rotatable bonds is 23. The number of benzene rings is 1. The van der Waals surface area contributed by atoms with Crippen LogP contribution in [0.5, 0.6) is 17.2 Å². The number of unbranched alkanes of at least 4 members (excludes halogenated alkanes) is 15. The Morgan fingerprint density at radius 3 is 1.69 bits per heavy atom. The average molecular weight is 507 g/mol. The second-order valence-electron chi connectivity index (χ2n) is 10.2. The van der Waals surface area contributed by atoms with Gasteiger partial charge in [-0.2, -0.15) is 0 Å². The van der Waals surface area contributed by atoms with Crippen LogP contribution in [0, 0.1) is 0 Å². The van der Waals surface area contributed by atoms with Crippen molar-refractivity contribution in [2.24, 2.45) is 0 Å². The van der Waals surface area contributed by atoms with E-state index in [9.17, 15) is 15.0 Å². The van der Waals surface area contributed by atoms with Crippen LogP contribution < -0.4 is 9.47 Å². The molecule has 1 aromatic rings. The van der Waals surface area contributed by atoms with Crippen LogP contribution in [0.25, 0.3) is 0 Å². The smallest absolute Gasteiger partial charge is 0.502 e. The number of carboxylic acid groups (broad SMARTS) is 1. The van der Waals surface area contributed by atoms with Crippen LogP contribution in [0.15, 0.2) is 6.07 Å². The summed E-state index contributed by atoms with van der Waals surface area (Å²) in [4.78, 5) is 11.3. The summed E-state index contributed by atoms with van der Waals surface area (Å²) in [5.74, 6) is 0.260. The van der Waals surface area contributed by atoms with Gasteiger partial charge < -0.3 is 19.7 Å². The lowest BCUT2D eigenvalue weighted by molar-refractivity contribution is 0.142. The Labute approximate surface area is 221 Å². The first kappa shape index (κ1) is 32.1. The number of ether oxygens (including phenoxy) is 2. The van der Waals surface area contributed by atoms with E-state index in [1.165, 1.54) is 64.2 Å². The van der Waals surface area contributed by atoms with Gasteiger partial charge >= 0.3 is 6.16 Å². The summed E-state index contributed by atoms with van der Waals surface area (Å²) in [5, 5.41) is 20.1. The van der Waals surface area contributed by atoms with Gasteiger partial charge in [0.25, 0.3) is 0 Å². The van der Waals surface area contributed by atoms with Gasteiger partial charge in [0.15, 0.2) is 11.5 Å². The molecule has 1 aromatic carbocycles. The average Bonchev–Trinajstić information content (AvgIpc) is 2.85. The number of carbonyl (C=O) groups is 1. The lowest BCUT2D eigenvalue weighted by atomic mass is 9.94. The van der Waals surface area contributed by atoms with Crippen LogP contribution in [0.1, 0.15) is 147 Å². The van der Waals surface area contributed by atoms with Gasteiger partial charge in [-0.1, -0.05) is 117 Å². The van der Waals surface area contributed by atoms with Gasteiger partial charge in [0.2, 0.25) is 5.75 Å². The third kappa shape index (κ3) is 14.0. The van der Waals surface area contributed by atoms with E-state index in [0.29, 0.717) is 12.4 Å². The monoisotopic (exact) mass is 506 g/mol. The molecule has 0 aliphatic rings. The van der Waals surface area contributed by atoms with E-state index >= 15 is 0 Å². The second-order valence-corrected chi connectivity index (χ2v) is 10.2. The maximum atomic E-state index is 11.3. The first-order valence-electron chi connectivity index (χ1n) is 15.0. The van der Waals surface area contributed by atoms with E-state index in [1.54, 1.807) is 6.07 Å². The van der Waals surface area contributed by atoms with Gasteiger partial charge in [-0.25, -0.2) is 4.79 Å². The fourth-order valence-electron chi connectivity index (χ4n) is 4.77. The molecule has 2 N–H and O–H groups in total. The molecule has 0 bridgehead atoms. The number of phenols is 1. The summed E-state index contributed by atoms with van der Waals surface area (Å²) < 4.78 is 11.1. The largest absolute Gasteiger partial charge is 0.511 e. The molecule has 0 atom stereocenters. The first-order valence-corrected chi connectivity index (χ1v) is 15.0. The Morgan fingerprint density at radius 2 is 1.17 bits per heavy atom. The van der Waals surface area contributed by atoms with Crippen LogP contribution in [-0.2, 0) is 12.8 Å². The molecule has 5 heteroatoms. The molecule has 0 unspecified atom stereocenters. The lowest BCUT2D eigenvalue weighted by Crippen LogP contribution is -2.08. The van der Waals surface area contributed by atoms with Crippen molar-refractivity contribution in [2.75, 3.05) is 6.61 Å². The zero-order valence-corrected chi connectivity index (χ0v) is 23.5. The summed E-state index contributed by atoms with van der Waals surface area (Å²) in [6, 6.07) is 1.74. The summed E-state index contributed by atoms with van der Waals surface area (Å²) in [5.41, 5.74) is 2.10. The Hall–Kier alpha value is -1.91. The third-order valence-electron chi connectivity index (χ3n) is 6.94. The molecular formula is C31H54O5. The van der Waals surface area contributed by atoms with Crippen LogP contribution >= 0.6 is 0 Å². The quantitative estimate of drug-likeness (QED) is 0.0877. The van der Waals surface area contributed by atoms with Crippen molar-refractivity contribution < 1.29 is 24.5 Å². The first-order chi connectivity index (χ1) is 17.5. The number of phenolic OH excluding ortho intramolecular Hbond substituents is 1. The summed E-state index contributed by atoms with van der Waals surface area (Å²) >= 11 is 0. The fraction of sp³-hybridized carbons (Fsp3) is 0.774. The minimum Gasteiger partial charge on any atom is -0.502 e. The van der Waals surface area contributed by atoms with Gasteiger partial charge in [0, 0.05) is 5.56 Å². The SMILES string of the molecule is CCCCCCCCCc1cc(OC(=O)O)c(O)c(OCCCCCC)c1CCCCCCCCC. The lowest BCUT2D eigenvalue weighted by Gasteiger charge is -2.19. The van der Waals surface area contributed by atoms with Gasteiger partial charge in [-0.15, -0.1) is 0 Å². The topological polar surface area (TPSA) is 76.0 Å². The zero-order valence-electron chi connectivity index (χ0n) is 23.5. The van der Waals surface area contributed by atoms with Crippen molar-refractivity contribution in [1.29, 1.82) is 0 Å². The number of hydrogen-bond acceptors (Lipinski definition) is 4. The maximum absolute atomic E-state index is 11.3. The van der Waals surface area contributed by atoms with E-state index in [1.807, 2.05) is 0 Å². The highest BCUT2D eigenvalue weighted by Crippen LogP contribution is 2.43. The van der Waals surface area contributed by atoms with Gasteiger partial charge in [0.05, 0.1) is 6.61 Å². The standard InChI is InChI=1S/C31H54O5/c1-4-7-10-13-15-17-19-22-26-25-28(36-31(33)34)29(32)30(35-24-21-12-9-6-3)27(26)23-20-18-16-14-11-8-5-2/h25,32H,4-24H2,1-3H3,(H,33,34). The van der Waals surface area contributed by atoms with Crippen molar-refractivity contribution in [3.05, 3.63) is 17.2 Å². The molecule has 36 heavy (non-hydrogen) atoms. The van der Waals surface area contributed by atoms with Crippen molar-refractivity contribution in [3.8, 4) is 17.2 Å². The molecule has 1 rings (SSSR count). The van der Waals surface area contributed by atoms with Crippen LogP contribution in [-0.4, -0.2) is 23.0 Å². The highest BCUT2D eigenvalue weighted by molar-refractivity contribution is 5.67. The predicted molar refractivity (Wildman–Crippen MR) is 150 cm³/mol. The Morgan fingerprint density at radius 1 is 0.694 bits per heavy atom. The van der Waals surface area contributed by atoms with Crippen molar-refractivity contribution >= 4 is 6.16 Å². The molecule has 0 fully saturated rings. The fourth-order valence-corrected chi connectivity index (χ4v) is 4.77. The molecular weight excluding hydrogens is 452 g/mol. The Bertz CT molecular complexity index is 701. The predicted octanol–water partition coefficient (Wildman–Crippen LogP) is 9.99. The summed E-state index contributed by atoms with van der Waals surface area (Å²) in [7, 11) is 0. The Balaban J connectivity index is 2.97. The highest BCUT2D eigenvalue weighted by atomic mass is 16.7.